The lowest BCUT2D eigenvalue weighted by molar-refractivity contribution is 1.17. The van der Waals surface area contributed by atoms with Crippen LogP contribution < -0.4 is 11.1 Å². The van der Waals surface area contributed by atoms with E-state index in [2.05, 4.69) is 16.4 Å². The van der Waals surface area contributed by atoms with E-state index in [0.29, 0.717) is 12.1 Å². The first-order valence-electron chi connectivity index (χ1n) is 5.16. The minimum Gasteiger partial charge on any atom is -0.398 e. The molecular weight excluding hydrogens is 232 g/mol. The van der Waals surface area contributed by atoms with Crippen molar-refractivity contribution < 1.29 is 0 Å². The van der Waals surface area contributed by atoms with Crippen molar-refractivity contribution in [3.05, 3.63) is 40.3 Å². The number of nitriles is 1. The zero-order valence-corrected chi connectivity index (χ0v) is 10.00. The number of nitrogen functional groups attached to an aromatic ring is 1. The van der Waals surface area contributed by atoms with E-state index in [0.717, 1.165) is 17.8 Å². The van der Waals surface area contributed by atoms with Crippen molar-refractivity contribution in [2.24, 2.45) is 0 Å². The summed E-state index contributed by atoms with van der Waals surface area (Å²) < 4.78 is 0. The van der Waals surface area contributed by atoms with Crippen LogP contribution in [0.15, 0.2) is 29.9 Å². The lowest BCUT2D eigenvalue weighted by atomic mass is 10.1. The molecule has 0 amide bonds. The summed E-state index contributed by atoms with van der Waals surface area (Å²) in [6.07, 6.45) is 2.17. The molecule has 2 aromatic rings. The second-order valence-corrected chi connectivity index (χ2v) is 4.54. The van der Waals surface area contributed by atoms with Gasteiger partial charge in [-0.1, -0.05) is 0 Å². The van der Waals surface area contributed by atoms with Gasteiger partial charge in [-0.25, -0.2) is 0 Å². The van der Waals surface area contributed by atoms with Crippen molar-refractivity contribution in [2.75, 3.05) is 11.1 Å². The second kappa shape index (κ2) is 5.32. The van der Waals surface area contributed by atoms with Gasteiger partial charge in [0.1, 0.15) is 0 Å². The van der Waals surface area contributed by atoms with Crippen molar-refractivity contribution in [3.63, 3.8) is 0 Å². The summed E-state index contributed by atoms with van der Waals surface area (Å²) in [4.78, 5) is 5.18. The Morgan fingerprint density at radius 1 is 1.47 bits per heavy atom. The summed E-state index contributed by atoms with van der Waals surface area (Å²) in [6, 6.07) is 7.76. The van der Waals surface area contributed by atoms with Gasteiger partial charge in [0.05, 0.1) is 24.5 Å². The van der Waals surface area contributed by atoms with Crippen LogP contribution in [0, 0.1) is 11.3 Å². The van der Waals surface area contributed by atoms with Crippen molar-refractivity contribution in [3.8, 4) is 6.07 Å². The Labute approximate surface area is 104 Å². The zero-order valence-electron chi connectivity index (χ0n) is 9.18. The zero-order chi connectivity index (χ0) is 12.1. The number of nitrogens with one attached hydrogen (secondary N) is 1. The lowest BCUT2D eigenvalue weighted by Gasteiger charge is -2.08. The Morgan fingerprint density at radius 2 is 2.35 bits per heavy atom. The standard InChI is InChI=1S/C12H12N4S/c13-4-3-9-5-10(1-2-12(9)14)16-7-11-6-15-8-17-11/h1-2,5-6,8,16H,3,7,14H2. The first kappa shape index (κ1) is 11.4. The van der Waals surface area contributed by atoms with E-state index in [9.17, 15) is 0 Å². The number of benzene rings is 1. The Hall–Kier alpha value is -2.06. The molecule has 3 N–H and O–H groups in total. The Balaban J connectivity index is 2.06. The summed E-state index contributed by atoms with van der Waals surface area (Å²) >= 11 is 1.61. The fourth-order valence-corrected chi connectivity index (χ4v) is 2.01. The van der Waals surface area contributed by atoms with Crippen LogP contribution in [0.1, 0.15) is 10.4 Å². The summed E-state index contributed by atoms with van der Waals surface area (Å²) in [7, 11) is 0. The van der Waals surface area contributed by atoms with E-state index < -0.39 is 0 Å². The number of nitrogens with zero attached hydrogens (tertiary/aromatic N) is 2. The molecule has 0 spiro atoms. The number of aromatic nitrogens is 1. The maximum absolute atomic E-state index is 8.68. The smallest absolute Gasteiger partial charge is 0.0794 e. The van der Waals surface area contributed by atoms with E-state index in [-0.39, 0.29) is 0 Å². The average molecular weight is 244 g/mol. The fraction of sp³-hybridized carbons (Fsp3) is 0.167. The molecule has 1 aromatic carbocycles. The van der Waals surface area contributed by atoms with Gasteiger partial charge >= 0.3 is 0 Å². The predicted molar refractivity (Wildman–Crippen MR) is 69.6 cm³/mol. The van der Waals surface area contributed by atoms with Gasteiger partial charge in [0.25, 0.3) is 0 Å². The quantitative estimate of drug-likeness (QED) is 0.810. The number of anilines is 2. The lowest BCUT2D eigenvalue weighted by Crippen LogP contribution is -2.00. The third-order valence-corrected chi connectivity index (χ3v) is 3.14. The number of nitrogens with two attached hydrogens (primary N) is 1. The van der Waals surface area contributed by atoms with Crippen LogP contribution in [0.4, 0.5) is 11.4 Å². The van der Waals surface area contributed by atoms with Gasteiger partial charge in [-0.15, -0.1) is 11.3 Å². The predicted octanol–water partition coefficient (Wildman–Crippen LogP) is 2.40. The topological polar surface area (TPSA) is 74.7 Å². The van der Waals surface area contributed by atoms with E-state index >= 15 is 0 Å². The molecule has 5 heteroatoms. The molecule has 1 heterocycles. The Morgan fingerprint density at radius 3 is 3.06 bits per heavy atom. The van der Waals surface area contributed by atoms with Crippen LogP contribution in [0.3, 0.4) is 0 Å². The summed E-state index contributed by atoms with van der Waals surface area (Å²) in [5.74, 6) is 0. The highest BCUT2D eigenvalue weighted by Gasteiger charge is 2.01. The van der Waals surface area contributed by atoms with Gasteiger partial charge in [-0.05, 0) is 23.8 Å². The van der Waals surface area contributed by atoms with Gasteiger partial charge in [-0.2, -0.15) is 5.26 Å². The molecule has 4 nitrogen and oxygen atoms in total. The summed E-state index contributed by atoms with van der Waals surface area (Å²) in [6.45, 7) is 0.737. The molecule has 0 aliphatic carbocycles. The molecule has 0 aliphatic rings. The highest BCUT2D eigenvalue weighted by Crippen LogP contribution is 2.19. The number of hydrogen-bond donors (Lipinski definition) is 2. The highest BCUT2D eigenvalue weighted by molar-refractivity contribution is 7.09. The maximum atomic E-state index is 8.68. The second-order valence-electron chi connectivity index (χ2n) is 3.57. The van der Waals surface area contributed by atoms with E-state index in [4.69, 9.17) is 11.0 Å². The molecule has 0 bridgehead atoms. The molecule has 0 saturated carbocycles. The summed E-state index contributed by atoms with van der Waals surface area (Å²) in [5, 5.41) is 12.0. The third-order valence-electron chi connectivity index (χ3n) is 2.36. The van der Waals surface area contributed by atoms with Crippen LogP contribution >= 0.6 is 11.3 Å². The first-order chi connectivity index (χ1) is 8.29. The normalized spacial score (nSPS) is 9.82. The highest BCUT2D eigenvalue weighted by atomic mass is 32.1. The van der Waals surface area contributed by atoms with Crippen molar-refractivity contribution in [2.45, 2.75) is 13.0 Å². The number of hydrogen-bond acceptors (Lipinski definition) is 5. The molecule has 0 aliphatic heterocycles. The molecule has 0 atom stereocenters. The third kappa shape index (κ3) is 2.95. The monoisotopic (exact) mass is 244 g/mol. The van der Waals surface area contributed by atoms with Crippen molar-refractivity contribution in [1.82, 2.24) is 4.98 Å². The van der Waals surface area contributed by atoms with Gasteiger partial charge in [0, 0.05) is 22.4 Å². The number of thiazole rings is 1. The average Bonchev–Trinajstić information content (AvgIpc) is 2.83. The molecule has 17 heavy (non-hydrogen) atoms. The summed E-state index contributed by atoms with van der Waals surface area (Å²) in [5.41, 5.74) is 10.1. The first-order valence-corrected chi connectivity index (χ1v) is 6.04. The largest absolute Gasteiger partial charge is 0.398 e. The van der Waals surface area contributed by atoms with Crippen LogP contribution in [0.25, 0.3) is 0 Å². The molecule has 1 aromatic heterocycles. The Kier molecular flexibility index (Phi) is 3.58. The van der Waals surface area contributed by atoms with E-state index in [1.165, 1.54) is 4.88 Å². The van der Waals surface area contributed by atoms with E-state index in [1.54, 1.807) is 16.8 Å². The minimum atomic E-state index is 0.335. The van der Waals surface area contributed by atoms with Crippen molar-refractivity contribution >= 4 is 22.7 Å². The van der Waals surface area contributed by atoms with Crippen LogP contribution in [0.5, 0.6) is 0 Å². The van der Waals surface area contributed by atoms with E-state index in [1.807, 2.05) is 24.4 Å². The van der Waals surface area contributed by atoms with Crippen LogP contribution in [-0.4, -0.2) is 4.98 Å². The van der Waals surface area contributed by atoms with Crippen LogP contribution in [0.2, 0.25) is 0 Å². The molecule has 0 fully saturated rings. The molecular formula is C12H12N4S. The SMILES string of the molecule is N#CCc1cc(NCc2cncs2)ccc1N. The van der Waals surface area contributed by atoms with Crippen molar-refractivity contribution in [1.29, 1.82) is 5.26 Å². The Bertz CT molecular complexity index is 528. The molecule has 0 radical (unpaired) electrons. The molecule has 0 unspecified atom stereocenters. The molecule has 86 valence electrons. The van der Waals surface area contributed by atoms with Gasteiger partial charge < -0.3 is 11.1 Å². The number of rotatable bonds is 4. The van der Waals surface area contributed by atoms with Gasteiger partial charge in [0.2, 0.25) is 0 Å². The van der Waals surface area contributed by atoms with Gasteiger partial charge in [0.15, 0.2) is 0 Å². The maximum Gasteiger partial charge on any atom is 0.0794 e. The van der Waals surface area contributed by atoms with Crippen LogP contribution in [-0.2, 0) is 13.0 Å². The molecule has 2 rings (SSSR count). The van der Waals surface area contributed by atoms with Gasteiger partial charge in [-0.3, -0.25) is 4.98 Å². The minimum absolute atomic E-state index is 0.335. The fourth-order valence-electron chi connectivity index (χ4n) is 1.47. The molecule has 0 saturated heterocycles.